The normalized spacial score (nSPS) is 11.5. The van der Waals surface area contributed by atoms with E-state index < -0.39 is 0 Å². The highest BCUT2D eigenvalue weighted by atomic mass is 14.9. The van der Waals surface area contributed by atoms with Gasteiger partial charge in [-0.2, -0.15) is 0 Å². The molecule has 34 heavy (non-hydrogen) atoms. The van der Waals surface area contributed by atoms with Crippen LogP contribution in [0.15, 0.2) is 121 Å². The highest BCUT2D eigenvalue weighted by Crippen LogP contribution is 2.48. The first-order chi connectivity index (χ1) is 16.9. The molecule has 0 unspecified atom stereocenters. The van der Waals surface area contributed by atoms with E-state index >= 15 is 0 Å². The molecule has 1 aliphatic rings. The number of rotatable bonds is 3. The minimum Gasteiger partial charge on any atom is -0.228 e. The maximum absolute atomic E-state index is 5.07. The van der Waals surface area contributed by atoms with Gasteiger partial charge >= 0.3 is 0 Å². The quantitative estimate of drug-likeness (QED) is 0.281. The van der Waals surface area contributed by atoms with Gasteiger partial charge in [0.15, 0.2) is 5.82 Å². The zero-order valence-electron chi connectivity index (χ0n) is 18.4. The largest absolute Gasteiger partial charge is 0.228 e. The summed E-state index contributed by atoms with van der Waals surface area (Å²) in [6, 6.07) is 42.4. The molecule has 0 radical (unpaired) electrons. The minimum atomic E-state index is 0.750. The van der Waals surface area contributed by atoms with Crippen LogP contribution in [-0.4, -0.2) is 9.97 Å². The van der Waals surface area contributed by atoms with E-state index in [9.17, 15) is 0 Å². The fourth-order valence-corrected chi connectivity index (χ4v) is 5.08. The number of nitrogens with zero attached hydrogens (tertiary/aromatic N) is 2. The summed E-state index contributed by atoms with van der Waals surface area (Å²) in [5.41, 5.74) is 10.2. The molecule has 158 valence electrons. The maximum atomic E-state index is 5.07. The van der Waals surface area contributed by atoms with Gasteiger partial charge in [-0.1, -0.05) is 109 Å². The second-order valence-electron chi connectivity index (χ2n) is 8.63. The number of hydrogen-bond donors (Lipinski definition) is 0. The summed E-state index contributed by atoms with van der Waals surface area (Å²) in [5.74, 6) is 0.750. The highest BCUT2D eigenvalue weighted by molar-refractivity contribution is 6.18. The van der Waals surface area contributed by atoms with E-state index in [0.717, 1.165) is 33.9 Å². The van der Waals surface area contributed by atoms with Crippen molar-refractivity contribution in [3.8, 4) is 56.2 Å². The summed E-state index contributed by atoms with van der Waals surface area (Å²) in [4.78, 5) is 10.1. The number of hydrogen-bond acceptors (Lipinski definition) is 2. The molecule has 0 amide bonds. The van der Waals surface area contributed by atoms with Crippen LogP contribution in [0.2, 0.25) is 0 Å². The van der Waals surface area contributed by atoms with Crippen LogP contribution in [0.4, 0.5) is 0 Å². The molecule has 0 saturated heterocycles. The first-order valence-electron chi connectivity index (χ1n) is 11.5. The van der Waals surface area contributed by atoms with E-state index in [1.807, 2.05) is 12.1 Å². The lowest BCUT2D eigenvalue weighted by Gasteiger charge is -2.12. The van der Waals surface area contributed by atoms with E-state index in [1.165, 1.54) is 33.0 Å². The Labute approximate surface area is 198 Å². The van der Waals surface area contributed by atoms with Gasteiger partial charge in [0, 0.05) is 16.7 Å². The summed E-state index contributed by atoms with van der Waals surface area (Å²) in [5, 5.41) is 2.48. The van der Waals surface area contributed by atoms with Crippen molar-refractivity contribution in [2.45, 2.75) is 0 Å². The number of fused-ring (bicyclic) bond motifs is 3. The molecule has 5 aromatic carbocycles. The lowest BCUT2D eigenvalue weighted by atomic mass is 9.97. The van der Waals surface area contributed by atoms with Crippen LogP contribution in [0, 0.1) is 0 Å². The molecule has 2 heteroatoms. The second kappa shape index (κ2) is 7.50. The molecular formula is C32H20N2. The van der Waals surface area contributed by atoms with Crippen LogP contribution >= 0.6 is 0 Å². The second-order valence-corrected chi connectivity index (χ2v) is 8.63. The molecule has 0 saturated carbocycles. The SMILES string of the molecule is c1ccc(-c2cc(-c3ccccc3)nc(-c3ccc4c5c(cccc35)-c3ccccc3-4)n2)cc1. The minimum absolute atomic E-state index is 0.750. The van der Waals surface area contributed by atoms with E-state index in [1.54, 1.807) is 0 Å². The Kier molecular flexibility index (Phi) is 4.18. The van der Waals surface area contributed by atoms with Crippen molar-refractivity contribution < 1.29 is 0 Å². The van der Waals surface area contributed by atoms with Crippen LogP contribution in [0.25, 0.3) is 66.9 Å². The Morgan fingerprint density at radius 3 is 1.50 bits per heavy atom. The predicted octanol–water partition coefficient (Wildman–Crippen LogP) is 8.28. The van der Waals surface area contributed by atoms with Crippen molar-refractivity contribution in [1.82, 2.24) is 9.97 Å². The van der Waals surface area contributed by atoms with E-state index in [4.69, 9.17) is 9.97 Å². The van der Waals surface area contributed by atoms with Gasteiger partial charge in [0.1, 0.15) is 0 Å². The average molecular weight is 433 g/mol. The Hall–Kier alpha value is -4.56. The van der Waals surface area contributed by atoms with Gasteiger partial charge in [0.25, 0.3) is 0 Å². The van der Waals surface area contributed by atoms with Crippen LogP contribution in [0.5, 0.6) is 0 Å². The Balaban J connectivity index is 1.50. The highest BCUT2D eigenvalue weighted by Gasteiger charge is 2.23. The Morgan fingerprint density at radius 1 is 0.382 bits per heavy atom. The lowest BCUT2D eigenvalue weighted by Crippen LogP contribution is -1.96. The van der Waals surface area contributed by atoms with Gasteiger partial charge in [-0.15, -0.1) is 0 Å². The van der Waals surface area contributed by atoms with Crippen molar-refractivity contribution >= 4 is 10.8 Å². The third kappa shape index (κ3) is 2.89. The van der Waals surface area contributed by atoms with Gasteiger partial charge in [0.2, 0.25) is 0 Å². The van der Waals surface area contributed by atoms with Crippen molar-refractivity contribution in [1.29, 1.82) is 0 Å². The number of benzene rings is 5. The molecule has 2 nitrogen and oxygen atoms in total. The van der Waals surface area contributed by atoms with Crippen molar-refractivity contribution in [2.75, 3.05) is 0 Å². The molecule has 1 aromatic heterocycles. The van der Waals surface area contributed by atoms with Crippen molar-refractivity contribution in [3.05, 3.63) is 121 Å². The molecule has 7 rings (SSSR count). The van der Waals surface area contributed by atoms with E-state index in [2.05, 4.69) is 109 Å². The van der Waals surface area contributed by atoms with Gasteiger partial charge in [-0.05, 0) is 45.2 Å². The summed E-state index contributed by atoms with van der Waals surface area (Å²) >= 11 is 0. The number of aromatic nitrogens is 2. The Morgan fingerprint density at radius 2 is 0.882 bits per heavy atom. The summed E-state index contributed by atoms with van der Waals surface area (Å²) in [6.45, 7) is 0. The van der Waals surface area contributed by atoms with E-state index in [-0.39, 0.29) is 0 Å². The van der Waals surface area contributed by atoms with Gasteiger partial charge < -0.3 is 0 Å². The van der Waals surface area contributed by atoms with Crippen molar-refractivity contribution in [3.63, 3.8) is 0 Å². The third-order valence-electron chi connectivity index (χ3n) is 6.65. The zero-order chi connectivity index (χ0) is 22.5. The maximum Gasteiger partial charge on any atom is 0.161 e. The topological polar surface area (TPSA) is 25.8 Å². The van der Waals surface area contributed by atoms with Gasteiger partial charge in [-0.25, -0.2) is 9.97 Å². The van der Waals surface area contributed by atoms with Crippen LogP contribution in [0.1, 0.15) is 0 Å². The molecule has 0 atom stereocenters. The molecule has 0 fully saturated rings. The molecule has 6 aromatic rings. The molecule has 1 heterocycles. The first-order valence-corrected chi connectivity index (χ1v) is 11.5. The molecule has 0 aliphatic heterocycles. The molecule has 0 bridgehead atoms. The standard InChI is InChI=1S/C32H20N2/c1-3-10-21(11-4-1)29-20-30(22-12-5-2-6-13-22)34-32(33-29)28-19-18-27-24-15-8-7-14-23(24)25-16-9-17-26(28)31(25)27/h1-20H. The summed E-state index contributed by atoms with van der Waals surface area (Å²) < 4.78 is 0. The van der Waals surface area contributed by atoms with Crippen LogP contribution < -0.4 is 0 Å². The Bertz CT molecular complexity index is 1600. The molecular weight excluding hydrogens is 412 g/mol. The third-order valence-corrected chi connectivity index (χ3v) is 6.65. The zero-order valence-corrected chi connectivity index (χ0v) is 18.4. The van der Waals surface area contributed by atoms with Crippen molar-refractivity contribution in [2.24, 2.45) is 0 Å². The van der Waals surface area contributed by atoms with Crippen LogP contribution in [0.3, 0.4) is 0 Å². The fraction of sp³-hybridized carbons (Fsp3) is 0. The van der Waals surface area contributed by atoms with Crippen LogP contribution in [-0.2, 0) is 0 Å². The monoisotopic (exact) mass is 432 g/mol. The molecule has 0 N–H and O–H groups in total. The fourth-order valence-electron chi connectivity index (χ4n) is 5.08. The summed E-state index contributed by atoms with van der Waals surface area (Å²) in [7, 11) is 0. The lowest BCUT2D eigenvalue weighted by molar-refractivity contribution is 1.19. The van der Waals surface area contributed by atoms with Gasteiger partial charge in [0.05, 0.1) is 11.4 Å². The first kappa shape index (κ1) is 19.0. The summed E-state index contributed by atoms with van der Waals surface area (Å²) in [6.07, 6.45) is 0. The average Bonchev–Trinajstić information content (AvgIpc) is 3.25. The van der Waals surface area contributed by atoms with E-state index in [0.29, 0.717) is 0 Å². The molecule has 1 aliphatic carbocycles. The van der Waals surface area contributed by atoms with Gasteiger partial charge in [-0.3, -0.25) is 0 Å². The molecule has 0 spiro atoms. The smallest absolute Gasteiger partial charge is 0.161 e. The predicted molar refractivity (Wildman–Crippen MR) is 140 cm³/mol.